The summed E-state index contributed by atoms with van der Waals surface area (Å²) in [5.74, 6) is 0. The van der Waals surface area contributed by atoms with Gasteiger partial charge in [-0.3, -0.25) is 0 Å². The topological polar surface area (TPSA) is 60.7 Å². The lowest BCUT2D eigenvalue weighted by Gasteiger charge is -2.33. The van der Waals surface area contributed by atoms with E-state index in [0.717, 1.165) is 49.9 Å². The van der Waals surface area contributed by atoms with E-state index in [9.17, 15) is 10.1 Å². The largest absolute Gasteiger partial charge is 0.344 e. The maximum absolute atomic E-state index is 11.5. The summed E-state index contributed by atoms with van der Waals surface area (Å²) in [4.78, 5) is 15.7. The molecule has 4 nitrogen and oxygen atoms in total. The Hall–Kier alpha value is -3.98. The number of fused-ring (bicyclic) bond motifs is 3. The molecule has 1 aliphatic heterocycles. The third-order valence-corrected chi connectivity index (χ3v) is 9.89. The van der Waals surface area contributed by atoms with E-state index < -0.39 is 0 Å². The van der Waals surface area contributed by atoms with Gasteiger partial charge in [0, 0.05) is 40.7 Å². The van der Waals surface area contributed by atoms with Crippen molar-refractivity contribution in [1.29, 1.82) is 5.26 Å². The van der Waals surface area contributed by atoms with Gasteiger partial charge in [-0.15, -0.1) is 0 Å². The molecule has 3 aromatic rings. The zero-order chi connectivity index (χ0) is 36.7. The smallest absolute Gasteiger partial charge is 0.133 e. The fourth-order valence-electron chi connectivity index (χ4n) is 7.03. The van der Waals surface area contributed by atoms with Gasteiger partial charge in [0.1, 0.15) is 12.0 Å². The minimum absolute atomic E-state index is 0.176. The number of hydrogen-bond donors (Lipinski definition) is 1. The fourth-order valence-corrected chi connectivity index (χ4v) is 7.21. The Labute approximate surface area is 310 Å². The lowest BCUT2D eigenvalue weighted by molar-refractivity contribution is -0.572. The first-order valence-corrected chi connectivity index (χ1v) is 19.1. The summed E-state index contributed by atoms with van der Waals surface area (Å²) in [5.41, 5.74) is 8.81. The van der Waals surface area contributed by atoms with Crippen molar-refractivity contribution in [2.75, 3.05) is 18.0 Å². The summed E-state index contributed by atoms with van der Waals surface area (Å²) in [5, 5.41) is 15.1. The zero-order valence-corrected chi connectivity index (χ0v) is 33.1. The molecule has 3 aromatic carbocycles. The van der Waals surface area contributed by atoms with E-state index in [1.807, 2.05) is 31.0 Å². The Bertz CT molecular complexity index is 1800. The maximum Gasteiger partial charge on any atom is 0.133 e. The number of allylic oxidation sites excluding steroid dienone is 9. The summed E-state index contributed by atoms with van der Waals surface area (Å²) in [6.07, 6.45) is 17.8. The first-order valence-electron chi connectivity index (χ1n) is 18.2. The first kappa shape index (κ1) is 40.4. The SMILES string of the molecule is CC.CCC[NH2+]c1ccc(C)cc1C(CC=C(C)C)(C/C=C/Br)C/C=C/C(C#N)=C/C=C1/N(CCC=O)c2ccc3ccccc3c2C1(C)C. The number of rotatable bonds is 15. The van der Waals surface area contributed by atoms with Crippen LogP contribution in [0.25, 0.3) is 10.8 Å². The van der Waals surface area contributed by atoms with Gasteiger partial charge in [0.15, 0.2) is 0 Å². The predicted molar refractivity (Wildman–Crippen MR) is 218 cm³/mol. The average molecular weight is 736 g/mol. The predicted octanol–water partition coefficient (Wildman–Crippen LogP) is 11.3. The lowest BCUT2D eigenvalue weighted by atomic mass is 9.70. The molecule has 2 N–H and O–H groups in total. The Morgan fingerprint density at radius 3 is 2.46 bits per heavy atom. The van der Waals surface area contributed by atoms with Crippen LogP contribution in [0.2, 0.25) is 0 Å². The molecule has 0 spiro atoms. The summed E-state index contributed by atoms with van der Waals surface area (Å²) in [6, 6.07) is 22.1. The van der Waals surface area contributed by atoms with E-state index in [1.54, 1.807) is 0 Å². The van der Waals surface area contributed by atoms with Crippen LogP contribution in [-0.2, 0) is 15.6 Å². The number of carbonyl (C=O) groups excluding carboxylic acids is 1. The highest BCUT2D eigenvalue weighted by Gasteiger charge is 2.41. The maximum atomic E-state index is 11.5. The van der Waals surface area contributed by atoms with Gasteiger partial charge in [-0.1, -0.05) is 116 Å². The normalized spacial score (nSPS) is 15.9. The van der Waals surface area contributed by atoms with Gasteiger partial charge in [-0.2, -0.15) is 5.26 Å². The van der Waals surface area contributed by atoms with Crippen LogP contribution in [0, 0.1) is 18.3 Å². The molecule has 0 amide bonds. The van der Waals surface area contributed by atoms with Gasteiger partial charge < -0.3 is 15.0 Å². The first-order chi connectivity index (χ1) is 24.1. The van der Waals surface area contributed by atoms with Crippen molar-refractivity contribution in [3.05, 3.63) is 130 Å². The molecule has 1 heterocycles. The van der Waals surface area contributed by atoms with Crippen molar-refractivity contribution in [2.45, 2.75) is 98.3 Å². The molecule has 0 bridgehead atoms. The average Bonchev–Trinajstić information content (AvgIpc) is 3.34. The van der Waals surface area contributed by atoms with Crippen LogP contribution in [0.5, 0.6) is 0 Å². The molecule has 5 heteroatoms. The minimum atomic E-state index is -0.308. The standard InChI is InChI=1S/C43H50BrN3O.C2H6/c1-7-27-46-38-19-16-33(4)30-37(38)43(24-11-26-44,25-22-32(2)3)23-10-13-34(31-45)17-21-40-42(5,6)41-36-15-9-8-14-35(36)18-20-39(41)47(40)28-12-29-48;1-2/h8-11,13-22,26,29-30,46H,7,12,23-25,27-28H2,1-6H3;1-2H3/p+1/b13-10+,26-11+,34-17-,40-21+;. The van der Waals surface area contributed by atoms with Gasteiger partial charge in [-0.05, 0) is 104 Å². The number of anilines is 1. The van der Waals surface area contributed by atoms with Gasteiger partial charge in [-0.25, -0.2) is 0 Å². The molecule has 264 valence electrons. The molecular weight excluding hydrogens is 678 g/mol. The summed E-state index contributed by atoms with van der Waals surface area (Å²) < 4.78 is 0. The van der Waals surface area contributed by atoms with E-state index in [4.69, 9.17) is 0 Å². The van der Waals surface area contributed by atoms with E-state index in [-0.39, 0.29) is 10.8 Å². The number of benzene rings is 3. The lowest BCUT2D eigenvalue weighted by Crippen LogP contribution is -2.78. The van der Waals surface area contributed by atoms with Crippen LogP contribution in [0.1, 0.15) is 97.3 Å². The molecule has 1 aliphatic rings. The van der Waals surface area contributed by atoms with Crippen LogP contribution in [0.3, 0.4) is 0 Å². The van der Waals surface area contributed by atoms with Crippen molar-refractivity contribution in [3.8, 4) is 6.07 Å². The highest BCUT2D eigenvalue weighted by molar-refractivity contribution is 9.11. The number of nitrogens with two attached hydrogens (primary N) is 1. The van der Waals surface area contributed by atoms with Crippen molar-refractivity contribution < 1.29 is 10.1 Å². The molecule has 0 aliphatic carbocycles. The van der Waals surface area contributed by atoms with Gasteiger partial charge in [0.05, 0.1) is 18.2 Å². The molecule has 1 unspecified atom stereocenters. The van der Waals surface area contributed by atoms with E-state index in [0.29, 0.717) is 18.5 Å². The Morgan fingerprint density at radius 2 is 1.78 bits per heavy atom. The molecule has 0 saturated heterocycles. The molecule has 50 heavy (non-hydrogen) atoms. The van der Waals surface area contributed by atoms with Crippen LogP contribution in [0.15, 0.2) is 113 Å². The number of carbonyl (C=O) groups is 1. The van der Waals surface area contributed by atoms with Crippen LogP contribution >= 0.6 is 15.9 Å². The quantitative estimate of drug-likeness (QED) is 0.0556. The second-order valence-corrected chi connectivity index (χ2v) is 14.2. The van der Waals surface area contributed by atoms with E-state index in [2.05, 4.69) is 153 Å². The zero-order valence-electron chi connectivity index (χ0n) is 31.5. The number of aldehydes is 1. The number of hydrogen-bond acceptors (Lipinski definition) is 3. The van der Waals surface area contributed by atoms with E-state index in [1.165, 1.54) is 38.7 Å². The monoisotopic (exact) mass is 734 g/mol. The highest BCUT2D eigenvalue weighted by Crippen LogP contribution is 2.50. The highest BCUT2D eigenvalue weighted by atomic mass is 79.9. The summed E-state index contributed by atoms with van der Waals surface area (Å²) in [6.45, 7) is 18.8. The minimum Gasteiger partial charge on any atom is -0.344 e. The Morgan fingerprint density at radius 1 is 1.04 bits per heavy atom. The van der Waals surface area contributed by atoms with Gasteiger partial charge in [0.2, 0.25) is 0 Å². The van der Waals surface area contributed by atoms with Crippen LogP contribution in [0.4, 0.5) is 11.4 Å². The van der Waals surface area contributed by atoms with Crippen molar-refractivity contribution >= 4 is 44.4 Å². The third kappa shape index (κ3) is 9.62. The summed E-state index contributed by atoms with van der Waals surface area (Å²) >= 11 is 3.53. The molecule has 0 saturated carbocycles. The number of nitrogens with zero attached hydrogens (tertiary/aromatic N) is 2. The molecular formula is C45H57BrN3O+. The molecule has 0 aromatic heterocycles. The molecule has 0 fully saturated rings. The van der Waals surface area contributed by atoms with E-state index >= 15 is 0 Å². The fraction of sp³-hybridized carbons (Fsp3) is 0.378. The number of nitriles is 1. The van der Waals surface area contributed by atoms with Gasteiger partial charge in [0.25, 0.3) is 0 Å². The number of quaternary nitrogens is 1. The second kappa shape index (κ2) is 19.4. The van der Waals surface area contributed by atoms with Crippen LogP contribution < -0.4 is 10.2 Å². The van der Waals surface area contributed by atoms with Crippen molar-refractivity contribution in [2.24, 2.45) is 0 Å². The molecule has 4 rings (SSSR count). The molecule has 0 radical (unpaired) electrons. The Balaban J connectivity index is 0.00000332. The number of halogens is 1. The second-order valence-electron chi connectivity index (χ2n) is 13.7. The van der Waals surface area contributed by atoms with Gasteiger partial charge >= 0.3 is 0 Å². The summed E-state index contributed by atoms with van der Waals surface area (Å²) in [7, 11) is 0. The molecule has 1 atom stereocenters. The van der Waals surface area contributed by atoms with Crippen LogP contribution in [-0.4, -0.2) is 19.4 Å². The third-order valence-electron chi connectivity index (χ3n) is 9.51. The number of aryl methyl sites for hydroxylation is 1. The Kier molecular flexibility index (Phi) is 15.7. The van der Waals surface area contributed by atoms with Crippen molar-refractivity contribution in [3.63, 3.8) is 0 Å². The van der Waals surface area contributed by atoms with Crippen molar-refractivity contribution in [1.82, 2.24) is 0 Å².